The highest BCUT2D eigenvalue weighted by atomic mass is 35.5. The number of halogens is 2. The van der Waals surface area contributed by atoms with Crippen molar-refractivity contribution >= 4 is 45.6 Å². The van der Waals surface area contributed by atoms with Crippen molar-refractivity contribution in [3.63, 3.8) is 0 Å². The maximum Gasteiger partial charge on any atom is 0.255 e. The Kier molecular flexibility index (Phi) is 4.87. The van der Waals surface area contributed by atoms with E-state index in [4.69, 9.17) is 11.6 Å². The van der Waals surface area contributed by atoms with Crippen molar-refractivity contribution < 1.29 is 9.18 Å². The first kappa shape index (κ1) is 17.9. The lowest BCUT2D eigenvalue weighted by Gasteiger charge is -2.11. The minimum absolute atomic E-state index is 0.333. The molecule has 0 aliphatic rings. The first-order valence-electron chi connectivity index (χ1n) is 8.43. The van der Waals surface area contributed by atoms with Crippen molar-refractivity contribution in [2.24, 2.45) is 0 Å². The van der Waals surface area contributed by atoms with E-state index in [1.54, 1.807) is 30.3 Å². The van der Waals surface area contributed by atoms with Crippen LogP contribution in [0.25, 0.3) is 10.9 Å². The number of amides is 1. The Labute approximate surface area is 165 Å². The Hall–Kier alpha value is -3.51. The largest absolute Gasteiger partial charge is 0.340 e. The molecule has 7 heteroatoms. The number of nitrogens with zero attached hydrogens (tertiary/aromatic N) is 2. The van der Waals surface area contributed by atoms with Gasteiger partial charge in [-0.2, -0.15) is 0 Å². The van der Waals surface area contributed by atoms with Gasteiger partial charge in [0.1, 0.15) is 18.0 Å². The van der Waals surface area contributed by atoms with Gasteiger partial charge in [0.25, 0.3) is 5.91 Å². The third-order valence-corrected chi connectivity index (χ3v) is 4.32. The Bertz CT molecular complexity index is 1160. The van der Waals surface area contributed by atoms with Gasteiger partial charge in [0, 0.05) is 27.3 Å². The van der Waals surface area contributed by atoms with E-state index in [1.165, 1.54) is 30.6 Å². The molecule has 1 aromatic heterocycles. The van der Waals surface area contributed by atoms with Crippen LogP contribution in [0, 0.1) is 5.82 Å². The van der Waals surface area contributed by atoms with Crippen molar-refractivity contribution in [2.75, 3.05) is 10.6 Å². The molecule has 2 N–H and O–H groups in total. The predicted octanol–water partition coefficient (Wildman–Crippen LogP) is 5.42. The molecule has 0 saturated heterocycles. The SMILES string of the molecule is O=C(Nc1ccc2ncnc(Nc3cccc(Cl)c3)c2c1)c1ccc(F)cc1. The molecule has 0 atom stereocenters. The van der Waals surface area contributed by atoms with Crippen molar-refractivity contribution in [2.45, 2.75) is 0 Å². The van der Waals surface area contributed by atoms with Gasteiger partial charge in [-0.3, -0.25) is 4.79 Å². The number of fused-ring (bicyclic) bond motifs is 1. The summed E-state index contributed by atoms with van der Waals surface area (Å²) in [6, 6.07) is 18.0. The fraction of sp³-hybridized carbons (Fsp3) is 0. The number of benzene rings is 3. The highest BCUT2D eigenvalue weighted by Crippen LogP contribution is 2.27. The molecule has 0 aliphatic carbocycles. The number of hydrogen-bond acceptors (Lipinski definition) is 4. The summed E-state index contributed by atoms with van der Waals surface area (Å²) in [6.45, 7) is 0. The molecule has 5 nitrogen and oxygen atoms in total. The summed E-state index contributed by atoms with van der Waals surface area (Å²) >= 11 is 6.04. The summed E-state index contributed by atoms with van der Waals surface area (Å²) in [6.07, 6.45) is 1.46. The van der Waals surface area contributed by atoms with Crippen molar-refractivity contribution in [1.29, 1.82) is 0 Å². The average Bonchev–Trinajstić information content (AvgIpc) is 2.69. The number of hydrogen-bond donors (Lipinski definition) is 2. The van der Waals surface area contributed by atoms with Gasteiger partial charge in [-0.05, 0) is 60.7 Å². The van der Waals surface area contributed by atoms with Crippen LogP contribution < -0.4 is 10.6 Å². The van der Waals surface area contributed by atoms with Crippen molar-refractivity contribution in [3.8, 4) is 0 Å². The standard InChI is InChI=1S/C21H14ClFN4O/c22-14-2-1-3-16(10-14)26-20-18-11-17(8-9-19(18)24-12-25-20)27-21(28)13-4-6-15(23)7-5-13/h1-12H,(H,27,28)(H,24,25,26). The molecule has 0 aliphatic heterocycles. The van der Waals surface area contributed by atoms with Crippen LogP contribution in [0.4, 0.5) is 21.6 Å². The van der Waals surface area contributed by atoms with E-state index in [9.17, 15) is 9.18 Å². The minimum atomic E-state index is -0.392. The molecule has 1 heterocycles. The van der Waals surface area contributed by atoms with Crippen LogP contribution in [0.5, 0.6) is 0 Å². The van der Waals surface area contributed by atoms with Crippen molar-refractivity contribution in [3.05, 3.63) is 89.5 Å². The lowest BCUT2D eigenvalue weighted by Crippen LogP contribution is -2.11. The third kappa shape index (κ3) is 3.92. The number of nitrogens with one attached hydrogen (secondary N) is 2. The molecule has 1 amide bonds. The van der Waals surface area contributed by atoms with Gasteiger partial charge in [-0.1, -0.05) is 17.7 Å². The summed E-state index contributed by atoms with van der Waals surface area (Å²) in [7, 11) is 0. The van der Waals surface area contributed by atoms with Gasteiger partial charge in [0.15, 0.2) is 0 Å². The lowest BCUT2D eigenvalue weighted by molar-refractivity contribution is 0.102. The maximum atomic E-state index is 13.0. The molecule has 0 radical (unpaired) electrons. The smallest absolute Gasteiger partial charge is 0.255 e. The molecule has 138 valence electrons. The van der Waals surface area contributed by atoms with E-state index in [0.29, 0.717) is 22.1 Å². The molecule has 0 saturated carbocycles. The monoisotopic (exact) mass is 392 g/mol. The number of carbonyl (C=O) groups is 1. The number of carbonyl (C=O) groups excluding carboxylic acids is 1. The molecule has 0 unspecified atom stereocenters. The molecule has 3 aromatic carbocycles. The van der Waals surface area contributed by atoms with Crippen LogP contribution in [-0.2, 0) is 0 Å². The number of rotatable bonds is 4. The summed E-state index contributed by atoms with van der Waals surface area (Å²) in [4.78, 5) is 20.9. The highest BCUT2D eigenvalue weighted by molar-refractivity contribution is 6.30. The van der Waals surface area contributed by atoms with Crippen LogP contribution in [0.2, 0.25) is 5.02 Å². The zero-order valence-corrected chi connectivity index (χ0v) is 15.2. The average molecular weight is 393 g/mol. The third-order valence-electron chi connectivity index (χ3n) is 4.09. The van der Waals surface area contributed by atoms with E-state index in [2.05, 4.69) is 20.6 Å². The lowest BCUT2D eigenvalue weighted by atomic mass is 10.1. The quantitative estimate of drug-likeness (QED) is 0.486. The Morgan fingerprint density at radius 1 is 0.929 bits per heavy atom. The fourth-order valence-corrected chi connectivity index (χ4v) is 2.93. The summed E-state index contributed by atoms with van der Waals surface area (Å²) in [5, 5.41) is 7.36. The maximum absolute atomic E-state index is 13.0. The topological polar surface area (TPSA) is 66.9 Å². The normalized spacial score (nSPS) is 10.6. The second-order valence-corrected chi connectivity index (χ2v) is 6.49. The summed E-state index contributed by atoms with van der Waals surface area (Å²) in [5.41, 5.74) is 2.45. The van der Waals surface area contributed by atoms with Gasteiger partial charge in [-0.25, -0.2) is 14.4 Å². The van der Waals surface area contributed by atoms with Crippen LogP contribution in [0.15, 0.2) is 73.1 Å². The minimum Gasteiger partial charge on any atom is -0.340 e. The van der Waals surface area contributed by atoms with E-state index in [1.807, 2.05) is 12.1 Å². The molecule has 0 fully saturated rings. The van der Waals surface area contributed by atoms with Gasteiger partial charge < -0.3 is 10.6 Å². The van der Waals surface area contributed by atoms with Gasteiger partial charge >= 0.3 is 0 Å². The predicted molar refractivity (Wildman–Crippen MR) is 109 cm³/mol. The summed E-state index contributed by atoms with van der Waals surface area (Å²) < 4.78 is 13.0. The fourth-order valence-electron chi connectivity index (χ4n) is 2.74. The molecule has 4 aromatic rings. The van der Waals surface area contributed by atoms with Crippen LogP contribution in [-0.4, -0.2) is 15.9 Å². The molecule has 28 heavy (non-hydrogen) atoms. The number of anilines is 3. The first-order chi connectivity index (χ1) is 13.6. The molecule has 0 bridgehead atoms. The Morgan fingerprint density at radius 3 is 2.54 bits per heavy atom. The van der Waals surface area contributed by atoms with Crippen molar-refractivity contribution in [1.82, 2.24) is 9.97 Å². The van der Waals surface area contributed by atoms with E-state index >= 15 is 0 Å². The number of aromatic nitrogens is 2. The van der Waals surface area contributed by atoms with Gasteiger partial charge in [0.2, 0.25) is 0 Å². The second kappa shape index (κ2) is 7.62. The highest BCUT2D eigenvalue weighted by Gasteiger charge is 2.09. The molecule has 4 rings (SSSR count). The van der Waals surface area contributed by atoms with E-state index in [-0.39, 0.29) is 5.91 Å². The Balaban J connectivity index is 1.64. The van der Waals surface area contributed by atoms with E-state index < -0.39 is 5.82 Å². The zero-order valence-electron chi connectivity index (χ0n) is 14.5. The zero-order chi connectivity index (χ0) is 19.5. The van der Waals surface area contributed by atoms with Crippen LogP contribution in [0.1, 0.15) is 10.4 Å². The summed E-state index contributed by atoms with van der Waals surface area (Å²) in [5.74, 6) is -0.137. The first-order valence-corrected chi connectivity index (χ1v) is 8.80. The van der Waals surface area contributed by atoms with Gasteiger partial charge in [0.05, 0.1) is 5.52 Å². The molecule has 0 spiro atoms. The van der Waals surface area contributed by atoms with Crippen LogP contribution >= 0.6 is 11.6 Å². The van der Waals surface area contributed by atoms with Crippen LogP contribution in [0.3, 0.4) is 0 Å². The second-order valence-electron chi connectivity index (χ2n) is 6.05. The van der Waals surface area contributed by atoms with E-state index in [0.717, 1.165) is 16.6 Å². The Morgan fingerprint density at radius 2 is 1.75 bits per heavy atom. The molecular weight excluding hydrogens is 379 g/mol. The van der Waals surface area contributed by atoms with Gasteiger partial charge in [-0.15, -0.1) is 0 Å². The molecular formula is C21H14ClFN4O.